The maximum atomic E-state index is 11.1. The van der Waals surface area contributed by atoms with Gasteiger partial charge in [-0.1, -0.05) is 12.1 Å². The van der Waals surface area contributed by atoms with Crippen molar-refractivity contribution in [1.29, 1.82) is 0 Å². The summed E-state index contributed by atoms with van der Waals surface area (Å²) in [6, 6.07) is 7.24. The van der Waals surface area contributed by atoms with Gasteiger partial charge in [0.2, 0.25) is 0 Å². The van der Waals surface area contributed by atoms with Crippen molar-refractivity contribution in [2.45, 2.75) is 12.5 Å². The van der Waals surface area contributed by atoms with Crippen LogP contribution in [-0.4, -0.2) is 86.3 Å². The fraction of sp³-hybridized carbons (Fsp3) is 0.611. The largest absolute Gasteiger partial charge is 0.379 e. The van der Waals surface area contributed by atoms with Gasteiger partial charge < -0.3 is 20.3 Å². The van der Waals surface area contributed by atoms with E-state index in [4.69, 9.17) is 4.74 Å². The lowest BCUT2D eigenvalue weighted by molar-refractivity contribution is -0.384. The molecule has 1 aromatic rings. The molecule has 0 aromatic heterocycles. The molecule has 0 amide bonds. The van der Waals surface area contributed by atoms with Gasteiger partial charge in [0.05, 0.1) is 18.1 Å². The van der Waals surface area contributed by atoms with E-state index in [0.717, 1.165) is 51.8 Å². The fourth-order valence-corrected chi connectivity index (χ4v) is 3.66. The quantitative estimate of drug-likeness (QED) is 0.251. The molecule has 1 aromatic carbocycles. The lowest BCUT2D eigenvalue weighted by Crippen LogP contribution is -2.47. The molecule has 9 nitrogen and oxygen atoms in total. The molecule has 3 rings (SSSR count). The number of para-hydroxylation sites is 2. The van der Waals surface area contributed by atoms with Crippen molar-refractivity contribution in [3.05, 3.63) is 34.4 Å². The predicted molar refractivity (Wildman–Crippen MR) is 105 cm³/mol. The molecular formula is C18H28N6O3. The summed E-state index contributed by atoms with van der Waals surface area (Å²) in [5.74, 6) is 0.884. The zero-order valence-electron chi connectivity index (χ0n) is 15.8. The highest BCUT2D eigenvalue weighted by molar-refractivity contribution is 5.80. The van der Waals surface area contributed by atoms with Crippen LogP contribution in [0.5, 0.6) is 0 Å². The van der Waals surface area contributed by atoms with E-state index in [2.05, 4.69) is 25.4 Å². The molecule has 0 aliphatic carbocycles. The summed E-state index contributed by atoms with van der Waals surface area (Å²) in [5.41, 5.74) is 0.627. The Bertz CT molecular complexity index is 662. The first-order valence-corrected chi connectivity index (χ1v) is 9.43. The second-order valence-corrected chi connectivity index (χ2v) is 6.71. The minimum Gasteiger partial charge on any atom is -0.379 e. The Morgan fingerprint density at radius 3 is 2.81 bits per heavy atom. The highest BCUT2D eigenvalue weighted by Gasteiger charge is 2.30. The number of morpholine rings is 1. The second kappa shape index (κ2) is 9.52. The predicted octanol–water partition coefficient (Wildman–Crippen LogP) is 0.989. The molecule has 0 radical (unpaired) electrons. The normalized spacial score (nSPS) is 21.3. The van der Waals surface area contributed by atoms with E-state index in [9.17, 15) is 10.1 Å². The van der Waals surface area contributed by atoms with Crippen molar-refractivity contribution in [3.63, 3.8) is 0 Å². The van der Waals surface area contributed by atoms with Crippen LogP contribution in [0, 0.1) is 10.1 Å². The van der Waals surface area contributed by atoms with Crippen LogP contribution in [0.15, 0.2) is 29.3 Å². The van der Waals surface area contributed by atoms with Gasteiger partial charge in [-0.3, -0.25) is 20.0 Å². The van der Waals surface area contributed by atoms with E-state index in [1.807, 2.05) is 0 Å². The number of nitro benzene ring substituents is 1. The van der Waals surface area contributed by atoms with E-state index in [1.165, 1.54) is 6.07 Å². The number of aliphatic imine (C=N–C) groups is 1. The van der Waals surface area contributed by atoms with Gasteiger partial charge in [-0.15, -0.1) is 0 Å². The highest BCUT2D eigenvalue weighted by Crippen LogP contribution is 2.22. The van der Waals surface area contributed by atoms with Crippen molar-refractivity contribution in [2.24, 2.45) is 4.99 Å². The molecule has 0 saturated carbocycles. The molecule has 1 atom stereocenters. The number of hydrogen-bond donors (Lipinski definition) is 2. The first-order chi connectivity index (χ1) is 13.2. The maximum Gasteiger partial charge on any atom is 0.292 e. The SMILES string of the molecule is CN=C(NCCNc1ccccc1[N+](=O)[O-])N1CCC(N2CCOCC2)C1. The molecule has 27 heavy (non-hydrogen) atoms. The number of likely N-dealkylation sites (tertiary alicyclic amines) is 1. The minimum absolute atomic E-state index is 0.0924. The first-order valence-electron chi connectivity index (χ1n) is 9.43. The Hall–Kier alpha value is -2.39. The topological polar surface area (TPSA) is 95.3 Å². The molecule has 148 valence electrons. The lowest BCUT2D eigenvalue weighted by Gasteiger charge is -2.32. The van der Waals surface area contributed by atoms with Crippen molar-refractivity contribution in [3.8, 4) is 0 Å². The summed E-state index contributed by atoms with van der Waals surface area (Å²) in [4.78, 5) is 19.9. The molecule has 2 saturated heterocycles. The number of ether oxygens (including phenoxy) is 1. The van der Waals surface area contributed by atoms with Gasteiger partial charge in [0.25, 0.3) is 5.69 Å². The zero-order valence-corrected chi connectivity index (χ0v) is 15.8. The Morgan fingerprint density at radius 1 is 1.30 bits per heavy atom. The third-order valence-electron chi connectivity index (χ3n) is 5.06. The standard InChI is InChI=1S/C18H28N6O3/c1-19-18(23-9-6-15(14-23)22-10-12-27-13-11-22)21-8-7-20-16-4-2-3-5-17(16)24(25)26/h2-5,15,20H,6-14H2,1H3,(H,19,21). The van der Waals surface area contributed by atoms with Gasteiger partial charge in [-0.25, -0.2) is 0 Å². The number of anilines is 1. The van der Waals surface area contributed by atoms with E-state index >= 15 is 0 Å². The summed E-state index contributed by atoms with van der Waals surface area (Å²) in [6.07, 6.45) is 1.13. The van der Waals surface area contributed by atoms with Crippen LogP contribution in [-0.2, 0) is 4.74 Å². The maximum absolute atomic E-state index is 11.1. The third kappa shape index (κ3) is 5.08. The van der Waals surface area contributed by atoms with Gasteiger partial charge in [0.1, 0.15) is 5.69 Å². The average Bonchev–Trinajstić information content (AvgIpc) is 3.19. The molecule has 2 heterocycles. The average molecular weight is 376 g/mol. The van der Waals surface area contributed by atoms with Gasteiger partial charge in [-0.2, -0.15) is 0 Å². The summed E-state index contributed by atoms with van der Waals surface area (Å²) >= 11 is 0. The molecule has 2 aliphatic rings. The molecule has 0 spiro atoms. The van der Waals surface area contributed by atoms with Gasteiger partial charge in [0, 0.05) is 58.4 Å². The molecule has 9 heteroatoms. The Balaban J connectivity index is 1.44. The van der Waals surface area contributed by atoms with Crippen LogP contribution >= 0.6 is 0 Å². The molecule has 0 bridgehead atoms. The third-order valence-corrected chi connectivity index (χ3v) is 5.06. The number of guanidine groups is 1. The van der Waals surface area contributed by atoms with Gasteiger partial charge in [0.15, 0.2) is 5.96 Å². The molecular weight excluding hydrogens is 348 g/mol. The number of hydrogen-bond acceptors (Lipinski definition) is 6. The Morgan fingerprint density at radius 2 is 2.07 bits per heavy atom. The Labute approximate surface area is 159 Å². The summed E-state index contributed by atoms with van der Waals surface area (Å²) < 4.78 is 5.44. The Kier molecular flexibility index (Phi) is 6.83. The smallest absolute Gasteiger partial charge is 0.292 e. The fourth-order valence-electron chi connectivity index (χ4n) is 3.66. The van der Waals surface area contributed by atoms with Crippen molar-refractivity contribution < 1.29 is 9.66 Å². The first kappa shape index (κ1) is 19.4. The van der Waals surface area contributed by atoms with Crippen molar-refractivity contribution in [1.82, 2.24) is 15.1 Å². The van der Waals surface area contributed by atoms with Crippen LogP contribution in [0.4, 0.5) is 11.4 Å². The van der Waals surface area contributed by atoms with E-state index in [0.29, 0.717) is 24.8 Å². The van der Waals surface area contributed by atoms with E-state index in [1.54, 1.807) is 25.2 Å². The van der Waals surface area contributed by atoms with Crippen LogP contribution < -0.4 is 10.6 Å². The molecule has 2 fully saturated rings. The van der Waals surface area contributed by atoms with Crippen molar-refractivity contribution >= 4 is 17.3 Å². The zero-order chi connectivity index (χ0) is 19.1. The van der Waals surface area contributed by atoms with Crippen LogP contribution in [0.1, 0.15) is 6.42 Å². The van der Waals surface area contributed by atoms with Gasteiger partial charge in [-0.05, 0) is 12.5 Å². The molecule has 1 unspecified atom stereocenters. The number of nitrogens with one attached hydrogen (secondary N) is 2. The number of nitro groups is 1. The van der Waals surface area contributed by atoms with Crippen LogP contribution in [0.2, 0.25) is 0 Å². The summed E-state index contributed by atoms with van der Waals surface area (Å²) in [6.45, 7) is 6.81. The second-order valence-electron chi connectivity index (χ2n) is 6.71. The van der Waals surface area contributed by atoms with E-state index < -0.39 is 0 Å². The van der Waals surface area contributed by atoms with Crippen LogP contribution in [0.3, 0.4) is 0 Å². The monoisotopic (exact) mass is 376 g/mol. The molecule has 2 N–H and O–H groups in total. The van der Waals surface area contributed by atoms with Gasteiger partial charge >= 0.3 is 0 Å². The minimum atomic E-state index is -0.370. The summed E-state index contributed by atoms with van der Waals surface area (Å²) in [5, 5.41) is 17.5. The number of rotatable bonds is 6. The summed E-state index contributed by atoms with van der Waals surface area (Å²) in [7, 11) is 1.79. The van der Waals surface area contributed by atoms with Crippen molar-refractivity contribution in [2.75, 3.05) is 64.8 Å². The molecule has 2 aliphatic heterocycles. The number of nitrogens with zero attached hydrogens (tertiary/aromatic N) is 4. The van der Waals surface area contributed by atoms with Crippen LogP contribution in [0.25, 0.3) is 0 Å². The highest BCUT2D eigenvalue weighted by atomic mass is 16.6. The van der Waals surface area contributed by atoms with E-state index in [-0.39, 0.29) is 10.6 Å². The lowest BCUT2D eigenvalue weighted by atomic mass is 10.2. The number of benzene rings is 1.